The molecule has 0 spiro atoms. The van der Waals surface area contributed by atoms with Gasteiger partial charge in [-0.15, -0.1) is 0 Å². The minimum absolute atomic E-state index is 0.269. The maximum atomic E-state index is 11.3. The minimum atomic E-state index is -3.18. The molecule has 0 aliphatic heterocycles. The second-order valence-electron chi connectivity index (χ2n) is 4.59. The number of sulfone groups is 1. The fourth-order valence-corrected chi connectivity index (χ4v) is 2.46. The lowest BCUT2D eigenvalue weighted by molar-refractivity contribution is 0.211. The topological polar surface area (TPSA) is 61.8 Å². The molecule has 0 amide bonds. The monoisotopic (exact) mass is 322 g/mol. The van der Waals surface area contributed by atoms with Gasteiger partial charge in [-0.05, 0) is 36.4 Å². The first kappa shape index (κ1) is 16.2. The Balaban J connectivity index is 1.84. The van der Waals surface area contributed by atoms with Gasteiger partial charge in [0.2, 0.25) is 0 Å². The molecule has 2 rings (SSSR count). The summed E-state index contributed by atoms with van der Waals surface area (Å²) in [7, 11) is -1.60. The van der Waals surface area contributed by atoms with Crippen LogP contribution in [0.15, 0.2) is 53.4 Å². The van der Waals surface area contributed by atoms with Crippen LogP contribution in [0.25, 0.3) is 0 Å². The molecule has 0 atom stereocenters. The van der Waals surface area contributed by atoms with Crippen molar-refractivity contribution >= 4 is 9.84 Å². The van der Waals surface area contributed by atoms with Crippen molar-refractivity contribution in [2.45, 2.75) is 4.90 Å². The highest BCUT2D eigenvalue weighted by Gasteiger charge is 2.06. The highest BCUT2D eigenvalue weighted by Crippen LogP contribution is 2.25. The SMILES string of the molecule is COc1ccccc1OCCOc1ccc(S(C)(=O)=O)cc1. The van der Waals surface area contributed by atoms with E-state index in [2.05, 4.69) is 0 Å². The average molecular weight is 322 g/mol. The Bertz CT molecular complexity index is 708. The summed E-state index contributed by atoms with van der Waals surface area (Å²) < 4.78 is 39.0. The molecule has 0 bridgehead atoms. The summed E-state index contributed by atoms with van der Waals surface area (Å²) in [5.41, 5.74) is 0. The third kappa shape index (κ3) is 4.39. The Morgan fingerprint density at radius 1 is 0.864 bits per heavy atom. The van der Waals surface area contributed by atoms with Gasteiger partial charge in [0.15, 0.2) is 21.3 Å². The Morgan fingerprint density at radius 3 is 2.05 bits per heavy atom. The van der Waals surface area contributed by atoms with Gasteiger partial charge in [-0.3, -0.25) is 0 Å². The molecule has 0 radical (unpaired) electrons. The van der Waals surface area contributed by atoms with Crippen molar-refractivity contribution in [3.8, 4) is 17.2 Å². The van der Waals surface area contributed by atoms with Crippen LogP contribution < -0.4 is 14.2 Å². The Kier molecular flexibility index (Phi) is 5.27. The molecule has 0 unspecified atom stereocenters. The number of rotatable bonds is 7. The van der Waals surface area contributed by atoms with Crippen molar-refractivity contribution in [2.75, 3.05) is 26.6 Å². The van der Waals surface area contributed by atoms with Crippen molar-refractivity contribution in [3.05, 3.63) is 48.5 Å². The predicted molar refractivity (Wildman–Crippen MR) is 83.5 cm³/mol. The van der Waals surface area contributed by atoms with Crippen LogP contribution in [0.3, 0.4) is 0 Å². The molecule has 0 aliphatic rings. The van der Waals surface area contributed by atoms with Gasteiger partial charge in [-0.1, -0.05) is 12.1 Å². The number of benzene rings is 2. The van der Waals surface area contributed by atoms with Crippen LogP contribution in [-0.2, 0) is 9.84 Å². The second-order valence-corrected chi connectivity index (χ2v) is 6.61. The van der Waals surface area contributed by atoms with Crippen LogP contribution >= 0.6 is 0 Å². The third-order valence-electron chi connectivity index (χ3n) is 2.93. The molecule has 0 aromatic heterocycles. The standard InChI is InChI=1S/C16H18O5S/c1-19-15-5-3-4-6-16(15)21-12-11-20-13-7-9-14(10-8-13)22(2,17)18/h3-10H,11-12H2,1-2H3. The van der Waals surface area contributed by atoms with E-state index in [9.17, 15) is 8.42 Å². The van der Waals surface area contributed by atoms with E-state index >= 15 is 0 Å². The van der Waals surface area contributed by atoms with E-state index in [1.807, 2.05) is 24.3 Å². The fourth-order valence-electron chi connectivity index (χ4n) is 1.83. The molecule has 0 saturated carbocycles. The summed E-state index contributed by atoms with van der Waals surface area (Å²) >= 11 is 0. The highest BCUT2D eigenvalue weighted by atomic mass is 32.2. The molecule has 22 heavy (non-hydrogen) atoms. The zero-order valence-corrected chi connectivity index (χ0v) is 13.3. The van der Waals surface area contributed by atoms with E-state index in [-0.39, 0.29) is 4.90 Å². The van der Waals surface area contributed by atoms with E-state index in [0.29, 0.717) is 30.5 Å². The molecule has 118 valence electrons. The molecule has 0 fully saturated rings. The summed E-state index contributed by atoms with van der Waals surface area (Å²) in [5.74, 6) is 1.91. The normalized spacial score (nSPS) is 11.0. The van der Waals surface area contributed by atoms with Gasteiger partial charge < -0.3 is 14.2 Å². The Hall–Kier alpha value is -2.21. The Morgan fingerprint density at radius 2 is 1.45 bits per heavy atom. The van der Waals surface area contributed by atoms with Gasteiger partial charge in [0.25, 0.3) is 0 Å². The van der Waals surface area contributed by atoms with Crippen LogP contribution in [0.1, 0.15) is 0 Å². The van der Waals surface area contributed by atoms with Crippen LogP contribution in [0, 0.1) is 0 Å². The average Bonchev–Trinajstić information content (AvgIpc) is 2.51. The van der Waals surface area contributed by atoms with Crippen molar-refractivity contribution in [3.63, 3.8) is 0 Å². The quantitative estimate of drug-likeness (QED) is 0.733. The molecule has 2 aromatic rings. The summed E-state index contributed by atoms with van der Waals surface area (Å²) in [6.45, 7) is 0.699. The lowest BCUT2D eigenvalue weighted by Crippen LogP contribution is -2.09. The summed E-state index contributed by atoms with van der Waals surface area (Å²) in [5, 5.41) is 0. The van der Waals surface area contributed by atoms with E-state index in [1.54, 1.807) is 19.2 Å². The third-order valence-corrected chi connectivity index (χ3v) is 4.06. The van der Waals surface area contributed by atoms with E-state index < -0.39 is 9.84 Å². The van der Waals surface area contributed by atoms with Gasteiger partial charge >= 0.3 is 0 Å². The van der Waals surface area contributed by atoms with Gasteiger partial charge in [0, 0.05) is 6.26 Å². The van der Waals surface area contributed by atoms with Crippen molar-refractivity contribution in [1.29, 1.82) is 0 Å². The van der Waals surface area contributed by atoms with E-state index in [4.69, 9.17) is 14.2 Å². The van der Waals surface area contributed by atoms with Crippen LogP contribution in [0.5, 0.6) is 17.2 Å². The summed E-state index contributed by atoms with van der Waals surface area (Å²) in [6, 6.07) is 13.7. The molecule has 5 nitrogen and oxygen atoms in total. The maximum absolute atomic E-state index is 11.3. The number of para-hydroxylation sites is 2. The zero-order valence-electron chi connectivity index (χ0n) is 12.5. The second kappa shape index (κ2) is 7.17. The molecule has 2 aromatic carbocycles. The lowest BCUT2D eigenvalue weighted by atomic mass is 10.3. The molecule has 0 aliphatic carbocycles. The zero-order chi connectivity index (χ0) is 16.0. The van der Waals surface area contributed by atoms with Crippen LogP contribution in [0.4, 0.5) is 0 Å². The van der Waals surface area contributed by atoms with Crippen molar-refractivity contribution in [2.24, 2.45) is 0 Å². The molecule has 0 saturated heterocycles. The molecule has 0 heterocycles. The first-order chi connectivity index (χ1) is 10.5. The minimum Gasteiger partial charge on any atom is -0.493 e. The Labute approximate surface area is 130 Å². The van der Waals surface area contributed by atoms with Gasteiger partial charge in [-0.2, -0.15) is 0 Å². The molecular formula is C16H18O5S. The smallest absolute Gasteiger partial charge is 0.175 e. The van der Waals surface area contributed by atoms with E-state index in [0.717, 1.165) is 0 Å². The maximum Gasteiger partial charge on any atom is 0.175 e. The molecular weight excluding hydrogens is 304 g/mol. The molecule has 6 heteroatoms. The first-order valence-electron chi connectivity index (χ1n) is 6.69. The van der Waals surface area contributed by atoms with Crippen LogP contribution in [0.2, 0.25) is 0 Å². The number of hydrogen-bond acceptors (Lipinski definition) is 5. The summed E-state index contributed by atoms with van der Waals surface area (Å²) in [4.78, 5) is 0.269. The predicted octanol–water partition coefficient (Wildman–Crippen LogP) is 2.56. The number of ether oxygens (including phenoxy) is 3. The highest BCUT2D eigenvalue weighted by molar-refractivity contribution is 7.90. The van der Waals surface area contributed by atoms with E-state index in [1.165, 1.54) is 18.4 Å². The fraction of sp³-hybridized carbons (Fsp3) is 0.250. The van der Waals surface area contributed by atoms with Gasteiger partial charge in [0.1, 0.15) is 19.0 Å². The first-order valence-corrected chi connectivity index (χ1v) is 8.58. The largest absolute Gasteiger partial charge is 0.493 e. The van der Waals surface area contributed by atoms with Gasteiger partial charge in [-0.25, -0.2) is 8.42 Å². The van der Waals surface area contributed by atoms with Crippen molar-refractivity contribution in [1.82, 2.24) is 0 Å². The summed E-state index contributed by atoms with van der Waals surface area (Å²) in [6.07, 6.45) is 1.17. The lowest BCUT2D eigenvalue weighted by Gasteiger charge is -2.11. The van der Waals surface area contributed by atoms with Crippen LogP contribution in [-0.4, -0.2) is 35.0 Å². The molecule has 0 N–H and O–H groups in total. The van der Waals surface area contributed by atoms with Gasteiger partial charge in [0.05, 0.1) is 12.0 Å². The number of methoxy groups -OCH3 is 1. The number of hydrogen-bond donors (Lipinski definition) is 0. The van der Waals surface area contributed by atoms with Crippen molar-refractivity contribution < 1.29 is 22.6 Å².